The van der Waals surface area contributed by atoms with E-state index in [1.54, 1.807) is 0 Å². The number of unbranched alkanes of at least 4 members (excludes halogenated alkanes) is 9. The lowest BCUT2D eigenvalue weighted by Crippen LogP contribution is -2.07. The number of ether oxygens (including phenoxy) is 1. The van der Waals surface area contributed by atoms with Crippen LogP contribution in [0.5, 0.6) is 0 Å². The van der Waals surface area contributed by atoms with Crippen LogP contribution in [0.25, 0.3) is 0 Å². The number of esters is 1. The van der Waals surface area contributed by atoms with Crippen LogP contribution >= 0.6 is 91.4 Å². The topological polar surface area (TPSA) is 26.3 Å². The molecule has 2 nitrogen and oxygen atoms in total. The third kappa shape index (κ3) is 11.5. The minimum atomic E-state index is -0.153. The van der Waals surface area contributed by atoms with E-state index in [-0.39, 0.29) is 12.6 Å². The predicted octanol–water partition coefficient (Wildman–Crippen LogP) is 10.6. The molecule has 0 bridgehead atoms. The third-order valence-corrected chi connectivity index (χ3v) is 12.1. The fourth-order valence-electron chi connectivity index (χ4n) is 2.95. The molecule has 0 aliphatic heterocycles. The zero-order valence-electron chi connectivity index (χ0n) is 17.5. The number of hydrogen-bond donors (Lipinski definition) is 0. The second-order valence-corrected chi connectivity index (χ2v) is 12.4. The first kappa shape index (κ1) is 29.5. The molecule has 1 aromatic rings. The van der Waals surface area contributed by atoms with E-state index in [0.717, 1.165) is 39.4 Å². The summed E-state index contributed by atoms with van der Waals surface area (Å²) in [6.45, 7) is 2.50. The summed E-state index contributed by atoms with van der Waals surface area (Å²) in [7, 11) is 0. The highest BCUT2D eigenvalue weighted by molar-refractivity contribution is 9.15. The molecule has 8 heteroatoms. The fourth-order valence-corrected chi connectivity index (χ4v) is 7.23. The first-order valence-corrected chi connectivity index (χ1v) is 15.8. The van der Waals surface area contributed by atoms with Gasteiger partial charge in [0.15, 0.2) is 0 Å². The molecule has 0 amide bonds. The summed E-state index contributed by atoms with van der Waals surface area (Å²) in [5.41, 5.74) is 0.892. The van der Waals surface area contributed by atoms with Crippen molar-refractivity contribution >= 4 is 97.4 Å². The van der Waals surface area contributed by atoms with Crippen molar-refractivity contribution in [3.05, 3.63) is 27.9 Å². The van der Waals surface area contributed by atoms with Crippen molar-refractivity contribution in [2.24, 2.45) is 0 Å². The van der Waals surface area contributed by atoms with E-state index in [1.165, 1.54) is 64.2 Å². The van der Waals surface area contributed by atoms with Gasteiger partial charge in [0.2, 0.25) is 0 Å². The zero-order valence-corrected chi connectivity index (χ0v) is 26.3. The Hall–Kier alpha value is 1.44. The molecule has 0 atom stereocenters. The number of thioether (sulfide) groups is 1. The molecule has 0 N–H and O–H groups in total. The molecule has 0 saturated carbocycles. The van der Waals surface area contributed by atoms with Gasteiger partial charge in [-0.3, -0.25) is 4.79 Å². The van der Waals surface area contributed by atoms with Gasteiger partial charge in [-0.25, -0.2) is 0 Å². The molecule has 0 unspecified atom stereocenters. The summed E-state index contributed by atoms with van der Waals surface area (Å²) in [4.78, 5) is 12.1. The normalized spacial score (nSPS) is 11.1. The van der Waals surface area contributed by atoms with Crippen molar-refractivity contribution in [1.29, 1.82) is 0 Å². The van der Waals surface area contributed by atoms with Crippen molar-refractivity contribution in [1.82, 2.24) is 0 Å². The van der Waals surface area contributed by atoms with Crippen LogP contribution in [0.15, 0.2) is 22.4 Å². The average Bonchev–Trinajstić information content (AvgIpc) is 2.74. The van der Waals surface area contributed by atoms with E-state index >= 15 is 0 Å². The first-order chi connectivity index (χ1) is 14.4. The summed E-state index contributed by atoms with van der Waals surface area (Å²) in [6.07, 6.45) is 14.0. The Balaban J connectivity index is 2.09. The summed E-state index contributed by atoms with van der Waals surface area (Å²) < 4.78 is 9.89. The molecule has 30 heavy (non-hydrogen) atoms. The summed E-state index contributed by atoms with van der Waals surface area (Å²) in [5.74, 6) is 1.80. The summed E-state index contributed by atoms with van der Waals surface area (Å²) >= 11 is 19.6. The highest BCUT2D eigenvalue weighted by Gasteiger charge is 2.18. The van der Waals surface area contributed by atoms with Crippen LogP contribution in [0.3, 0.4) is 0 Å². The Morgan fingerprint density at radius 1 is 0.700 bits per heavy atom. The van der Waals surface area contributed by atoms with Crippen LogP contribution in [-0.4, -0.2) is 17.5 Å². The lowest BCUT2D eigenvalue weighted by molar-refractivity contribution is -0.144. The van der Waals surface area contributed by atoms with E-state index in [1.807, 2.05) is 11.8 Å². The highest BCUT2D eigenvalue weighted by Crippen LogP contribution is 2.44. The van der Waals surface area contributed by atoms with E-state index in [0.29, 0.717) is 6.42 Å². The average molecular weight is 759 g/mol. The van der Waals surface area contributed by atoms with E-state index in [2.05, 4.69) is 86.6 Å². The van der Waals surface area contributed by atoms with Crippen molar-refractivity contribution in [2.45, 2.75) is 84.2 Å². The third-order valence-electron chi connectivity index (χ3n) is 4.77. The van der Waals surface area contributed by atoms with E-state index < -0.39 is 0 Å². The van der Waals surface area contributed by atoms with Crippen molar-refractivity contribution in [3.63, 3.8) is 0 Å². The van der Waals surface area contributed by atoms with Crippen LogP contribution in [0.4, 0.5) is 0 Å². The van der Waals surface area contributed by atoms with Crippen LogP contribution in [0.2, 0.25) is 0 Å². The first-order valence-electron chi connectivity index (χ1n) is 10.6. The molecule has 0 aromatic heterocycles. The maximum absolute atomic E-state index is 12.1. The second kappa shape index (κ2) is 17.9. The molecule has 0 radical (unpaired) electrons. The van der Waals surface area contributed by atoms with Gasteiger partial charge in [0, 0.05) is 33.7 Å². The maximum Gasteiger partial charge on any atom is 0.306 e. The molecule has 0 fully saturated rings. The van der Waals surface area contributed by atoms with Crippen LogP contribution < -0.4 is 0 Å². The van der Waals surface area contributed by atoms with Gasteiger partial charge < -0.3 is 4.74 Å². The maximum atomic E-state index is 12.1. The van der Waals surface area contributed by atoms with Gasteiger partial charge in [-0.2, -0.15) is 11.8 Å². The van der Waals surface area contributed by atoms with E-state index in [4.69, 9.17) is 4.74 Å². The number of benzene rings is 1. The van der Waals surface area contributed by atoms with Gasteiger partial charge in [0.05, 0.1) is 6.42 Å². The molecule has 1 aromatic carbocycles. The van der Waals surface area contributed by atoms with Gasteiger partial charge in [0.1, 0.15) is 6.61 Å². The molecular formula is C22H31Br5O2S. The Bertz CT molecular complexity index is 626. The Morgan fingerprint density at radius 3 is 1.70 bits per heavy atom. The van der Waals surface area contributed by atoms with Crippen molar-refractivity contribution in [3.8, 4) is 0 Å². The molecule has 172 valence electrons. The van der Waals surface area contributed by atoms with Gasteiger partial charge in [-0.1, -0.05) is 64.7 Å². The Kier molecular flexibility index (Phi) is 17.5. The fraction of sp³-hybridized carbons (Fsp3) is 0.682. The lowest BCUT2D eigenvalue weighted by atomic mass is 10.1. The molecular weight excluding hydrogens is 728 g/mol. The molecule has 1 rings (SSSR count). The summed E-state index contributed by atoms with van der Waals surface area (Å²) in [5, 5.41) is 0. The predicted molar refractivity (Wildman–Crippen MR) is 149 cm³/mol. The van der Waals surface area contributed by atoms with Gasteiger partial charge >= 0.3 is 5.97 Å². The number of halogens is 5. The number of hydrogen-bond acceptors (Lipinski definition) is 3. The minimum absolute atomic E-state index is 0.153. The number of carbonyl (C=O) groups excluding carboxylic acids is 1. The molecule has 0 saturated heterocycles. The van der Waals surface area contributed by atoms with Crippen LogP contribution in [0.1, 0.15) is 83.1 Å². The summed E-state index contributed by atoms with van der Waals surface area (Å²) in [6, 6.07) is 0. The van der Waals surface area contributed by atoms with Gasteiger partial charge in [-0.15, -0.1) is 0 Å². The molecule has 0 aliphatic carbocycles. The van der Waals surface area contributed by atoms with E-state index in [9.17, 15) is 4.79 Å². The second-order valence-electron chi connectivity index (χ2n) is 7.25. The van der Waals surface area contributed by atoms with Gasteiger partial charge in [-0.05, 0) is 91.8 Å². The standard InChI is InChI=1S/C22H31Br5O2S/c1-2-3-4-5-6-7-8-9-10-11-13-30-14-12-17(28)29-15-16-18(23)20(25)22(27)21(26)19(16)24/h2-15H2,1H3. The zero-order chi connectivity index (χ0) is 22.4. The van der Waals surface area contributed by atoms with Crippen LogP contribution in [0, 0.1) is 0 Å². The van der Waals surface area contributed by atoms with Crippen molar-refractivity contribution < 1.29 is 9.53 Å². The SMILES string of the molecule is CCCCCCCCCCCCSCCC(=O)OCc1c(Br)c(Br)c(Br)c(Br)c1Br. The van der Waals surface area contributed by atoms with Crippen molar-refractivity contribution in [2.75, 3.05) is 11.5 Å². The lowest BCUT2D eigenvalue weighted by Gasteiger charge is -2.14. The molecule has 0 spiro atoms. The van der Waals surface area contributed by atoms with Gasteiger partial charge in [0.25, 0.3) is 0 Å². The Morgan fingerprint density at radius 2 is 1.17 bits per heavy atom. The largest absolute Gasteiger partial charge is 0.461 e. The number of carbonyl (C=O) groups is 1. The Labute approximate surface area is 228 Å². The van der Waals surface area contributed by atoms with Crippen LogP contribution in [-0.2, 0) is 16.1 Å². The quantitative estimate of drug-likeness (QED) is 0.0727. The monoisotopic (exact) mass is 754 g/mol. The smallest absolute Gasteiger partial charge is 0.306 e. The highest BCUT2D eigenvalue weighted by atomic mass is 79.9. The minimum Gasteiger partial charge on any atom is -0.461 e. The number of rotatable bonds is 16. The molecule has 0 heterocycles. The molecule has 0 aliphatic rings.